The van der Waals surface area contributed by atoms with Gasteiger partial charge in [-0.25, -0.2) is 4.39 Å². The highest BCUT2D eigenvalue weighted by atomic mass is 35.5. The van der Waals surface area contributed by atoms with Gasteiger partial charge in [0.25, 0.3) is 0 Å². The zero-order valence-corrected chi connectivity index (χ0v) is 13.1. The molecule has 3 aromatic rings. The van der Waals surface area contributed by atoms with Gasteiger partial charge in [-0.3, -0.25) is 0 Å². The normalized spacial score (nSPS) is 11.2. The first-order chi connectivity index (χ1) is 10.1. The van der Waals surface area contributed by atoms with Crippen LogP contribution >= 0.6 is 23.8 Å². The largest absolute Gasteiger partial charge is 0.330 e. The number of rotatable bonds is 3. The van der Waals surface area contributed by atoms with Gasteiger partial charge in [-0.15, -0.1) is 0 Å². The molecule has 0 saturated carbocycles. The summed E-state index contributed by atoms with van der Waals surface area (Å²) in [7, 11) is 0. The first kappa shape index (κ1) is 14.3. The minimum Gasteiger partial charge on any atom is -0.330 e. The van der Waals surface area contributed by atoms with Crippen molar-refractivity contribution < 1.29 is 4.39 Å². The summed E-state index contributed by atoms with van der Waals surface area (Å²) in [6, 6.07) is 11.4. The van der Waals surface area contributed by atoms with Gasteiger partial charge in [0.05, 0.1) is 22.6 Å². The Morgan fingerprint density at radius 2 is 1.86 bits per heavy atom. The molecule has 0 bridgehead atoms. The third kappa shape index (κ3) is 2.74. The smallest absolute Gasteiger partial charge is 0.178 e. The first-order valence-corrected chi connectivity index (χ1v) is 7.52. The van der Waals surface area contributed by atoms with E-state index in [-0.39, 0.29) is 5.02 Å². The Kier molecular flexibility index (Phi) is 3.83. The zero-order chi connectivity index (χ0) is 15.0. The summed E-state index contributed by atoms with van der Waals surface area (Å²) < 4.78 is 16.0. The van der Waals surface area contributed by atoms with Crippen LogP contribution in [0, 0.1) is 10.6 Å². The molecule has 0 aliphatic rings. The lowest BCUT2D eigenvalue weighted by Gasteiger charge is -2.06. The van der Waals surface area contributed by atoms with Crippen LogP contribution in [0.4, 0.5) is 4.39 Å². The van der Waals surface area contributed by atoms with Crippen LogP contribution < -0.4 is 0 Å². The minimum atomic E-state index is -0.445. The molecule has 1 N–H and O–H groups in total. The summed E-state index contributed by atoms with van der Waals surface area (Å²) in [4.78, 5) is 3.02. The predicted octanol–water partition coefficient (Wildman–Crippen LogP) is 5.10. The number of aromatic amines is 1. The molecule has 0 atom stereocenters. The van der Waals surface area contributed by atoms with Crippen LogP contribution in [0.3, 0.4) is 0 Å². The van der Waals surface area contributed by atoms with Crippen LogP contribution in [0.25, 0.3) is 11.0 Å². The maximum atomic E-state index is 13.5. The summed E-state index contributed by atoms with van der Waals surface area (Å²) in [6.45, 7) is 2.76. The molecule has 3 rings (SSSR count). The van der Waals surface area contributed by atoms with Crippen molar-refractivity contribution in [3.63, 3.8) is 0 Å². The fourth-order valence-corrected chi connectivity index (χ4v) is 2.80. The van der Waals surface area contributed by atoms with Crippen LogP contribution in [-0.4, -0.2) is 9.55 Å². The maximum absolute atomic E-state index is 13.5. The Bertz CT molecular complexity index is 849. The van der Waals surface area contributed by atoms with Crippen LogP contribution in [0.15, 0.2) is 36.4 Å². The fourth-order valence-electron chi connectivity index (χ4n) is 2.37. The van der Waals surface area contributed by atoms with Crippen molar-refractivity contribution in [2.75, 3.05) is 0 Å². The molecule has 2 nitrogen and oxygen atoms in total. The molecule has 0 aliphatic carbocycles. The highest BCUT2D eigenvalue weighted by Gasteiger charge is 2.09. The fraction of sp³-hybridized carbons (Fsp3) is 0.188. The molecule has 1 aromatic heterocycles. The van der Waals surface area contributed by atoms with Gasteiger partial charge in [-0.1, -0.05) is 42.8 Å². The van der Waals surface area contributed by atoms with Crippen LogP contribution in [0.1, 0.15) is 18.1 Å². The van der Waals surface area contributed by atoms with Gasteiger partial charge >= 0.3 is 0 Å². The number of H-pyrrole nitrogens is 1. The van der Waals surface area contributed by atoms with Crippen LogP contribution in [0.2, 0.25) is 5.02 Å². The number of nitrogens with one attached hydrogen (secondary N) is 1. The molecule has 0 unspecified atom stereocenters. The monoisotopic (exact) mass is 320 g/mol. The van der Waals surface area contributed by atoms with Crippen molar-refractivity contribution in [3.8, 4) is 0 Å². The molecular weight excluding hydrogens is 307 g/mol. The third-order valence-electron chi connectivity index (χ3n) is 3.59. The SMILES string of the molecule is CCc1ccc(Cn2c(=S)[nH]c3cc(F)c(Cl)cc32)cc1. The Morgan fingerprint density at radius 3 is 2.52 bits per heavy atom. The zero-order valence-electron chi connectivity index (χ0n) is 11.5. The summed E-state index contributed by atoms with van der Waals surface area (Å²) in [6.07, 6.45) is 1.02. The van der Waals surface area contributed by atoms with Gasteiger partial charge < -0.3 is 9.55 Å². The number of aryl methyl sites for hydroxylation is 1. The summed E-state index contributed by atoms with van der Waals surface area (Å²) in [5.74, 6) is -0.445. The number of hydrogen-bond acceptors (Lipinski definition) is 1. The first-order valence-electron chi connectivity index (χ1n) is 6.74. The molecule has 21 heavy (non-hydrogen) atoms. The second-order valence-corrected chi connectivity index (χ2v) is 5.76. The van der Waals surface area contributed by atoms with Gasteiger partial charge in [0.1, 0.15) is 5.82 Å². The summed E-state index contributed by atoms with van der Waals surface area (Å²) >= 11 is 11.2. The van der Waals surface area contributed by atoms with Crippen molar-refractivity contribution in [2.24, 2.45) is 0 Å². The highest BCUT2D eigenvalue weighted by molar-refractivity contribution is 7.71. The van der Waals surface area contributed by atoms with E-state index in [0.29, 0.717) is 16.8 Å². The van der Waals surface area contributed by atoms with E-state index in [0.717, 1.165) is 17.5 Å². The van der Waals surface area contributed by atoms with Gasteiger partial charge in [-0.2, -0.15) is 0 Å². The van der Waals surface area contributed by atoms with Gasteiger partial charge in [-0.05, 0) is 35.8 Å². The van der Waals surface area contributed by atoms with E-state index in [4.69, 9.17) is 23.8 Å². The Hall–Kier alpha value is -1.65. The molecule has 1 heterocycles. The summed E-state index contributed by atoms with van der Waals surface area (Å²) in [5, 5.41) is 0.103. The van der Waals surface area contributed by atoms with E-state index in [9.17, 15) is 4.39 Å². The van der Waals surface area contributed by atoms with Gasteiger partial charge in [0, 0.05) is 6.07 Å². The van der Waals surface area contributed by atoms with E-state index < -0.39 is 5.82 Å². The number of aromatic nitrogens is 2. The van der Waals surface area contributed by atoms with Crippen molar-refractivity contribution in [1.29, 1.82) is 0 Å². The average molecular weight is 321 g/mol. The van der Waals surface area contributed by atoms with E-state index in [1.807, 2.05) is 4.57 Å². The molecule has 2 aromatic carbocycles. The van der Waals surface area contributed by atoms with E-state index in [2.05, 4.69) is 36.2 Å². The quantitative estimate of drug-likeness (QED) is 0.666. The molecule has 0 amide bonds. The predicted molar refractivity (Wildman–Crippen MR) is 87.0 cm³/mol. The second-order valence-electron chi connectivity index (χ2n) is 4.97. The topological polar surface area (TPSA) is 20.7 Å². The molecular formula is C16H14ClFN2S. The maximum Gasteiger partial charge on any atom is 0.178 e. The molecule has 0 saturated heterocycles. The van der Waals surface area contributed by atoms with Crippen molar-refractivity contribution in [3.05, 3.63) is 63.1 Å². The minimum absolute atomic E-state index is 0.103. The molecule has 0 radical (unpaired) electrons. The number of nitrogens with zero attached hydrogens (tertiary/aromatic N) is 1. The Morgan fingerprint density at radius 1 is 1.19 bits per heavy atom. The molecule has 0 fully saturated rings. The number of fused-ring (bicyclic) bond motifs is 1. The van der Waals surface area contributed by atoms with E-state index in [1.165, 1.54) is 11.6 Å². The van der Waals surface area contributed by atoms with Crippen molar-refractivity contribution in [2.45, 2.75) is 19.9 Å². The van der Waals surface area contributed by atoms with Crippen molar-refractivity contribution >= 4 is 34.9 Å². The standard InChI is InChI=1S/C16H14ClFN2S/c1-2-10-3-5-11(6-4-10)9-20-15-7-12(17)13(18)8-14(15)19-16(20)21/h3-8H,2,9H2,1H3,(H,19,21). The highest BCUT2D eigenvalue weighted by Crippen LogP contribution is 2.23. The van der Waals surface area contributed by atoms with E-state index >= 15 is 0 Å². The summed E-state index contributed by atoms with van der Waals surface area (Å²) in [5.41, 5.74) is 3.91. The second kappa shape index (κ2) is 5.62. The average Bonchev–Trinajstić information content (AvgIpc) is 2.76. The Labute approximate surface area is 132 Å². The molecule has 108 valence electrons. The number of benzene rings is 2. The lowest BCUT2D eigenvalue weighted by atomic mass is 10.1. The molecule has 0 spiro atoms. The van der Waals surface area contributed by atoms with Crippen LogP contribution in [-0.2, 0) is 13.0 Å². The number of imidazole rings is 1. The van der Waals surface area contributed by atoms with Gasteiger partial charge in [0.15, 0.2) is 4.77 Å². The third-order valence-corrected chi connectivity index (χ3v) is 4.20. The lowest BCUT2D eigenvalue weighted by molar-refractivity contribution is 0.629. The Balaban J connectivity index is 2.05. The van der Waals surface area contributed by atoms with E-state index in [1.54, 1.807) is 6.07 Å². The molecule has 5 heteroatoms. The number of halogens is 2. The number of hydrogen-bond donors (Lipinski definition) is 1. The lowest BCUT2D eigenvalue weighted by Crippen LogP contribution is -2.00. The van der Waals surface area contributed by atoms with Crippen molar-refractivity contribution in [1.82, 2.24) is 9.55 Å². The van der Waals surface area contributed by atoms with Crippen LogP contribution in [0.5, 0.6) is 0 Å². The van der Waals surface area contributed by atoms with Gasteiger partial charge in [0.2, 0.25) is 0 Å². The molecule has 0 aliphatic heterocycles.